The van der Waals surface area contributed by atoms with Gasteiger partial charge < -0.3 is 14.7 Å². The molecule has 1 N–H and O–H groups in total. The highest BCUT2D eigenvalue weighted by molar-refractivity contribution is 5.76. The van der Waals surface area contributed by atoms with Gasteiger partial charge in [0.15, 0.2) is 0 Å². The van der Waals surface area contributed by atoms with Crippen molar-refractivity contribution in [1.29, 1.82) is 0 Å². The van der Waals surface area contributed by atoms with Gasteiger partial charge in [0.2, 0.25) is 0 Å². The summed E-state index contributed by atoms with van der Waals surface area (Å²) in [6.07, 6.45) is -2.10. The van der Waals surface area contributed by atoms with Gasteiger partial charge in [-0.15, -0.1) is 0 Å². The molecule has 1 aliphatic rings. The summed E-state index contributed by atoms with van der Waals surface area (Å²) in [4.78, 5) is 24.0. The van der Waals surface area contributed by atoms with Gasteiger partial charge in [0.05, 0.1) is 12.0 Å². The molecule has 0 bridgehead atoms. The lowest BCUT2D eigenvalue weighted by Gasteiger charge is -2.39. The van der Waals surface area contributed by atoms with Gasteiger partial charge in [-0.05, 0) is 34.1 Å². The molecule has 0 aromatic heterocycles. The first-order chi connectivity index (χ1) is 8.06. The number of likely N-dealkylation sites (tertiary alicyclic amines) is 1. The number of aliphatic carboxylic acids is 1. The maximum absolute atomic E-state index is 13.9. The standard InChI is InChI=1S/C12H20FNO4/c1-11(2,3)18-10(17)14-6-5-12(4,9(15)16)8(13)7-14/h8H,5-7H2,1-4H3,(H,15,16). The first-order valence-electron chi connectivity index (χ1n) is 5.91. The second-order valence-electron chi connectivity index (χ2n) is 5.87. The lowest BCUT2D eigenvalue weighted by Crippen LogP contribution is -2.53. The Morgan fingerprint density at radius 1 is 1.44 bits per heavy atom. The third-order valence-electron chi connectivity index (χ3n) is 3.11. The van der Waals surface area contributed by atoms with Crippen LogP contribution in [0.3, 0.4) is 0 Å². The first kappa shape index (κ1) is 14.7. The van der Waals surface area contributed by atoms with Crippen LogP contribution in [0.2, 0.25) is 0 Å². The molecule has 0 aromatic carbocycles. The van der Waals surface area contributed by atoms with Crippen LogP contribution in [-0.2, 0) is 9.53 Å². The van der Waals surface area contributed by atoms with E-state index in [0.29, 0.717) is 0 Å². The molecule has 1 rings (SSSR count). The molecule has 1 heterocycles. The van der Waals surface area contributed by atoms with Crippen LogP contribution >= 0.6 is 0 Å². The fourth-order valence-corrected chi connectivity index (χ4v) is 1.74. The van der Waals surface area contributed by atoms with Gasteiger partial charge >= 0.3 is 12.1 Å². The van der Waals surface area contributed by atoms with Crippen LogP contribution in [0.1, 0.15) is 34.1 Å². The first-order valence-corrected chi connectivity index (χ1v) is 5.91. The summed E-state index contributed by atoms with van der Waals surface area (Å²) >= 11 is 0. The Labute approximate surface area is 106 Å². The van der Waals surface area contributed by atoms with E-state index in [9.17, 15) is 14.0 Å². The number of carbonyl (C=O) groups excluding carboxylic acids is 1. The van der Waals surface area contributed by atoms with E-state index >= 15 is 0 Å². The van der Waals surface area contributed by atoms with Crippen LogP contribution in [0.25, 0.3) is 0 Å². The fraction of sp³-hybridized carbons (Fsp3) is 0.833. The molecule has 2 unspecified atom stereocenters. The number of carboxylic acids is 1. The van der Waals surface area contributed by atoms with Gasteiger partial charge in [-0.3, -0.25) is 4.79 Å². The minimum atomic E-state index is -1.59. The van der Waals surface area contributed by atoms with E-state index in [-0.39, 0.29) is 19.5 Å². The smallest absolute Gasteiger partial charge is 0.410 e. The number of carboxylic acid groups (broad SMARTS) is 1. The van der Waals surface area contributed by atoms with Crippen LogP contribution < -0.4 is 0 Å². The zero-order valence-electron chi connectivity index (χ0n) is 11.2. The molecule has 0 aromatic rings. The normalized spacial score (nSPS) is 28.9. The molecular weight excluding hydrogens is 241 g/mol. The molecule has 1 fully saturated rings. The number of ether oxygens (including phenoxy) is 1. The van der Waals surface area contributed by atoms with Crippen LogP contribution in [0, 0.1) is 5.41 Å². The summed E-state index contributed by atoms with van der Waals surface area (Å²) < 4.78 is 19.0. The second-order valence-corrected chi connectivity index (χ2v) is 5.87. The molecule has 1 amide bonds. The Kier molecular flexibility index (Phi) is 3.88. The highest BCUT2D eigenvalue weighted by Crippen LogP contribution is 2.34. The van der Waals surface area contributed by atoms with Crippen molar-refractivity contribution >= 4 is 12.1 Å². The predicted molar refractivity (Wildman–Crippen MR) is 63.1 cm³/mol. The van der Waals surface area contributed by atoms with Crippen molar-refractivity contribution in [3.63, 3.8) is 0 Å². The van der Waals surface area contributed by atoms with Gasteiger partial charge in [-0.25, -0.2) is 9.18 Å². The van der Waals surface area contributed by atoms with Crippen LogP contribution in [-0.4, -0.2) is 46.9 Å². The number of piperidine rings is 1. The number of carbonyl (C=O) groups is 2. The largest absolute Gasteiger partial charge is 0.481 e. The summed E-state index contributed by atoms with van der Waals surface area (Å²) in [7, 11) is 0. The topological polar surface area (TPSA) is 66.8 Å². The van der Waals surface area contributed by atoms with Crippen molar-refractivity contribution in [1.82, 2.24) is 4.90 Å². The Hall–Kier alpha value is -1.33. The van der Waals surface area contributed by atoms with Gasteiger partial charge in [0, 0.05) is 6.54 Å². The molecule has 6 heteroatoms. The van der Waals surface area contributed by atoms with Crippen LogP contribution in [0.4, 0.5) is 9.18 Å². The lowest BCUT2D eigenvalue weighted by atomic mass is 9.79. The monoisotopic (exact) mass is 261 g/mol. The molecule has 5 nitrogen and oxygen atoms in total. The molecule has 2 atom stereocenters. The Balaban J connectivity index is 2.67. The Morgan fingerprint density at radius 2 is 2.00 bits per heavy atom. The van der Waals surface area contributed by atoms with Crippen LogP contribution in [0.5, 0.6) is 0 Å². The van der Waals surface area contributed by atoms with E-state index in [1.54, 1.807) is 20.8 Å². The van der Waals surface area contributed by atoms with Crippen molar-refractivity contribution in [2.45, 2.75) is 45.9 Å². The fourth-order valence-electron chi connectivity index (χ4n) is 1.74. The zero-order chi connectivity index (χ0) is 14.1. The summed E-state index contributed by atoms with van der Waals surface area (Å²) in [5, 5.41) is 9.00. The van der Waals surface area contributed by atoms with E-state index in [0.717, 1.165) is 0 Å². The highest BCUT2D eigenvalue weighted by Gasteiger charge is 2.47. The average molecular weight is 261 g/mol. The maximum Gasteiger partial charge on any atom is 0.410 e. The van der Waals surface area contributed by atoms with E-state index < -0.39 is 29.3 Å². The van der Waals surface area contributed by atoms with Gasteiger partial charge in [0.1, 0.15) is 11.8 Å². The summed E-state index contributed by atoms with van der Waals surface area (Å²) in [6.45, 7) is 6.50. The van der Waals surface area contributed by atoms with E-state index in [1.165, 1.54) is 11.8 Å². The van der Waals surface area contributed by atoms with E-state index in [4.69, 9.17) is 9.84 Å². The average Bonchev–Trinajstić information content (AvgIpc) is 2.19. The number of rotatable bonds is 1. The number of nitrogens with zero attached hydrogens (tertiary/aromatic N) is 1. The van der Waals surface area contributed by atoms with E-state index in [1.807, 2.05) is 0 Å². The number of halogens is 1. The number of hydrogen-bond donors (Lipinski definition) is 1. The van der Waals surface area contributed by atoms with E-state index in [2.05, 4.69) is 0 Å². The minimum absolute atomic E-state index is 0.0861. The van der Waals surface area contributed by atoms with Crippen molar-refractivity contribution < 1.29 is 23.8 Å². The number of hydrogen-bond acceptors (Lipinski definition) is 3. The van der Waals surface area contributed by atoms with Crippen LogP contribution in [0.15, 0.2) is 0 Å². The third kappa shape index (κ3) is 3.11. The number of amides is 1. The van der Waals surface area contributed by atoms with Crippen molar-refractivity contribution in [3.8, 4) is 0 Å². The highest BCUT2D eigenvalue weighted by atomic mass is 19.1. The Bertz CT molecular complexity index is 352. The van der Waals surface area contributed by atoms with Crippen molar-refractivity contribution in [2.75, 3.05) is 13.1 Å². The summed E-state index contributed by atoms with van der Waals surface area (Å²) in [5.74, 6) is -1.17. The quantitative estimate of drug-likeness (QED) is 0.784. The molecule has 104 valence electrons. The minimum Gasteiger partial charge on any atom is -0.481 e. The molecule has 0 radical (unpaired) electrons. The maximum atomic E-state index is 13.9. The van der Waals surface area contributed by atoms with Gasteiger partial charge in [-0.1, -0.05) is 0 Å². The molecule has 0 saturated carbocycles. The zero-order valence-corrected chi connectivity index (χ0v) is 11.2. The van der Waals surface area contributed by atoms with Crippen molar-refractivity contribution in [2.24, 2.45) is 5.41 Å². The van der Waals surface area contributed by atoms with Gasteiger partial charge in [-0.2, -0.15) is 0 Å². The molecule has 18 heavy (non-hydrogen) atoms. The second kappa shape index (κ2) is 4.74. The molecule has 0 aliphatic carbocycles. The third-order valence-corrected chi connectivity index (χ3v) is 3.11. The molecule has 1 saturated heterocycles. The van der Waals surface area contributed by atoms with Gasteiger partial charge in [0.25, 0.3) is 0 Å². The molecule has 0 spiro atoms. The summed E-state index contributed by atoms with van der Waals surface area (Å²) in [5.41, 5.74) is -2.06. The number of alkyl halides is 1. The lowest BCUT2D eigenvalue weighted by molar-refractivity contribution is -0.155. The summed E-state index contributed by atoms with van der Waals surface area (Å²) in [6, 6.07) is 0. The van der Waals surface area contributed by atoms with Crippen molar-refractivity contribution in [3.05, 3.63) is 0 Å². The molecule has 1 aliphatic heterocycles. The molecular formula is C12H20FNO4. The SMILES string of the molecule is CC(C)(C)OC(=O)N1CCC(C)(C(=O)O)C(F)C1. The predicted octanol–water partition coefficient (Wildman–Crippen LogP) is 2.06. The Morgan fingerprint density at radius 3 is 2.39 bits per heavy atom.